The predicted molar refractivity (Wildman–Crippen MR) is 69.6 cm³/mol. The van der Waals surface area contributed by atoms with Crippen molar-refractivity contribution >= 4 is 5.69 Å². The van der Waals surface area contributed by atoms with E-state index in [0.29, 0.717) is 17.5 Å². The zero-order chi connectivity index (χ0) is 12.7. The van der Waals surface area contributed by atoms with Crippen molar-refractivity contribution in [1.29, 1.82) is 0 Å². The molecular formula is C14H11N3O2. The van der Waals surface area contributed by atoms with Crippen LogP contribution in [0.1, 0.15) is 5.56 Å². The van der Waals surface area contributed by atoms with Gasteiger partial charge in [0.05, 0.1) is 6.26 Å². The van der Waals surface area contributed by atoms with Crippen LogP contribution < -0.4 is 5.32 Å². The first-order chi connectivity index (χ1) is 9.40. The molecule has 3 aromatic rings. The van der Waals surface area contributed by atoms with Gasteiger partial charge in [-0.05, 0) is 36.2 Å². The number of aromatic nitrogens is 2. The molecule has 0 atom stereocenters. The van der Waals surface area contributed by atoms with E-state index >= 15 is 0 Å². The topological polar surface area (TPSA) is 64.1 Å². The molecule has 1 aliphatic heterocycles. The van der Waals surface area contributed by atoms with Gasteiger partial charge in [-0.3, -0.25) is 0 Å². The fraction of sp³-hybridized carbons (Fsp3) is 0.143. The van der Waals surface area contributed by atoms with E-state index in [1.54, 1.807) is 18.4 Å². The molecule has 2 aromatic heterocycles. The van der Waals surface area contributed by atoms with E-state index < -0.39 is 0 Å². The van der Waals surface area contributed by atoms with E-state index in [9.17, 15) is 0 Å². The average Bonchev–Trinajstić information content (AvgIpc) is 3.18. The van der Waals surface area contributed by atoms with Crippen molar-refractivity contribution in [2.24, 2.45) is 0 Å². The standard InChI is InChI=1S/C14H11N3O2/c1-2-12(18-7-1)13-16-14(19-17-13)10-4-3-9-5-6-15-11(9)8-10/h1-4,7-8,15H,5-6H2. The fourth-order valence-corrected chi connectivity index (χ4v) is 2.27. The molecule has 0 radical (unpaired) electrons. The summed E-state index contributed by atoms with van der Waals surface area (Å²) in [5, 5.41) is 7.26. The van der Waals surface area contributed by atoms with Gasteiger partial charge in [0.1, 0.15) is 0 Å². The molecule has 5 heteroatoms. The minimum atomic E-state index is 0.466. The summed E-state index contributed by atoms with van der Waals surface area (Å²) in [6.07, 6.45) is 2.65. The number of anilines is 1. The quantitative estimate of drug-likeness (QED) is 0.760. The van der Waals surface area contributed by atoms with Crippen molar-refractivity contribution in [2.45, 2.75) is 6.42 Å². The van der Waals surface area contributed by atoms with E-state index in [2.05, 4.69) is 21.5 Å². The normalized spacial score (nSPS) is 13.3. The Hall–Kier alpha value is -2.56. The highest BCUT2D eigenvalue weighted by Gasteiger charge is 2.15. The van der Waals surface area contributed by atoms with Crippen molar-refractivity contribution in [1.82, 2.24) is 10.1 Å². The van der Waals surface area contributed by atoms with Gasteiger partial charge in [-0.15, -0.1) is 0 Å². The molecule has 0 aliphatic carbocycles. The molecule has 0 saturated carbocycles. The van der Waals surface area contributed by atoms with Gasteiger partial charge in [-0.25, -0.2) is 0 Å². The van der Waals surface area contributed by atoms with Gasteiger partial charge >= 0.3 is 0 Å². The Morgan fingerprint density at radius 2 is 2.21 bits per heavy atom. The van der Waals surface area contributed by atoms with Crippen LogP contribution in [0.4, 0.5) is 5.69 Å². The molecule has 5 nitrogen and oxygen atoms in total. The Morgan fingerprint density at radius 3 is 3.11 bits per heavy atom. The highest BCUT2D eigenvalue weighted by atomic mass is 16.5. The monoisotopic (exact) mass is 253 g/mol. The molecule has 0 fully saturated rings. The molecule has 94 valence electrons. The zero-order valence-corrected chi connectivity index (χ0v) is 10.1. The Balaban J connectivity index is 1.73. The van der Waals surface area contributed by atoms with Crippen molar-refractivity contribution in [2.75, 3.05) is 11.9 Å². The van der Waals surface area contributed by atoms with Gasteiger partial charge in [0.15, 0.2) is 5.76 Å². The van der Waals surface area contributed by atoms with Crippen LogP contribution in [-0.2, 0) is 6.42 Å². The van der Waals surface area contributed by atoms with E-state index in [1.165, 1.54) is 5.56 Å². The number of nitrogens with zero attached hydrogens (tertiary/aromatic N) is 2. The molecule has 1 N–H and O–H groups in total. The molecule has 0 bridgehead atoms. The number of fused-ring (bicyclic) bond motifs is 1. The van der Waals surface area contributed by atoms with E-state index in [0.717, 1.165) is 24.2 Å². The van der Waals surface area contributed by atoms with Crippen molar-refractivity contribution in [3.8, 4) is 23.0 Å². The maximum absolute atomic E-state index is 5.29. The number of hydrogen-bond acceptors (Lipinski definition) is 5. The Morgan fingerprint density at radius 1 is 1.21 bits per heavy atom. The SMILES string of the molecule is c1coc(-c2noc(-c3ccc4c(c3)NCC4)n2)c1. The van der Waals surface area contributed by atoms with Crippen LogP contribution in [0.2, 0.25) is 0 Å². The lowest BCUT2D eigenvalue weighted by Gasteiger charge is -2.00. The van der Waals surface area contributed by atoms with Gasteiger partial charge in [0, 0.05) is 17.8 Å². The lowest BCUT2D eigenvalue weighted by molar-refractivity contribution is 0.429. The molecular weight excluding hydrogens is 242 g/mol. The van der Waals surface area contributed by atoms with Gasteiger partial charge in [-0.2, -0.15) is 4.98 Å². The lowest BCUT2D eigenvalue weighted by Crippen LogP contribution is -1.91. The predicted octanol–water partition coefficient (Wildman–Crippen LogP) is 2.96. The van der Waals surface area contributed by atoms with Crippen molar-refractivity contribution in [3.63, 3.8) is 0 Å². The molecule has 0 unspecified atom stereocenters. The molecule has 4 rings (SSSR count). The first kappa shape index (κ1) is 10.4. The Bertz CT molecular complexity index is 716. The molecule has 1 aromatic carbocycles. The lowest BCUT2D eigenvalue weighted by atomic mass is 10.1. The largest absolute Gasteiger partial charge is 0.461 e. The van der Waals surface area contributed by atoms with Crippen LogP contribution in [0.3, 0.4) is 0 Å². The number of nitrogens with one attached hydrogen (secondary N) is 1. The minimum Gasteiger partial charge on any atom is -0.461 e. The second kappa shape index (κ2) is 3.98. The summed E-state index contributed by atoms with van der Waals surface area (Å²) in [5.41, 5.74) is 3.39. The van der Waals surface area contributed by atoms with Crippen LogP contribution in [0.5, 0.6) is 0 Å². The molecule has 0 saturated heterocycles. The number of rotatable bonds is 2. The van der Waals surface area contributed by atoms with Crippen molar-refractivity contribution < 1.29 is 8.94 Å². The van der Waals surface area contributed by atoms with Crippen LogP contribution in [-0.4, -0.2) is 16.7 Å². The number of furan rings is 1. The van der Waals surface area contributed by atoms with E-state index in [-0.39, 0.29) is 0 Å². The molecule has 1 aliphatic rings. The highest BCUT2D eigenvalue weighted by molar-refractivity contribution is 5.67. The summed E-state index contributed by atoms with van der Waals surface area (Å²) >= 11 is 0. The second-order valence-corrected chi connectivity index (χ2v) is 4.45. The zero-order valence-electron chi connectivity index (χ0n) is 10.1. The summed E-state index contributed by atoms with van der Waals surface area (Å²) in [7, 11) is 0. The maximum Gasteiger partial charge on any atom is 0.258 e. The van der Waals surface area contributed by atoms with Gasteiger partial charge in [0.25, 0.3) is 5.89 Å². The van der Waals surface area contributed by atoms with Crippen molar-refractivity contribution in [3.05, 3.63) is 42.2 Å². The summed E-state index contributed by atoms with van der Waals surface area (Å²) in [5.74, 6) is 1.57. The van der Waals surface area contributed by atoms with Gasteiger partial charge in [-0.1, -0.05) is 11.2 Å². The molecule has 19 heavy (non-hydrogen) atoms. The minimum absolute atomic E-state index is 0.466. The first-order valence-corrected chi connectivity index (χ1v) is 6.15. The fourth-order valence-electron chi connectivity index (χ4n) is 2.27. The third-order valence-electron chi connectivity index (χ3n) is 3.23. The van der Waals surface area contributed by atoms with Crippen LogP contribution in [0.15, 0.2) is 45.5 Å². The summed E-state index contributed by atoms with van der Waals surface area (Å²) in [6.45, 7) is 0.986. The highest BCUT2D eigenvalue weighted by Crippen LogP contribution is 2.29. The summed E-state index contributed by atoms with van der Waals surface area (Å²) in [4.78, 5) is 4.35. The van der Waals surface area contributed by atoms with Crippen LogP contribution in [0, 0.1) is 0 Å². The molecule has 0 spiro atoms. The summed E-state index contributed by atoms with van der Waals surface area (Å²) in [6, 6.07) is 9.75. The van der Waals surface area contributed by atoms with Gasteiger partial charge < -0.3 is 14.3 Å². The third-order valence-corrected chi connectivity index (χ3v) is 3.23. The Labute approximate surface area is 109 Å². The van der Waals surface area contributed by atoms with Gasteiger partial charge in [0.2, 0.25) is 5.82 Å². The number of hydrogen-bond donors (Lipinski definition) is 1. The van der Waals surface area contributed by atoms with Crippen LogP contribution >= 0.6 is 0 Å². The summed E-state index contributed by atoms with van der Waals surface area (Å²) < 4.78 is 10.5. The smallest absolute Gasteiger partial charge is 0.258 e. The third kappa shape index (κ3) is 1.71. The maximum atomic E-state index is 5.29. The van der Waals surface area contributed by atoms with E-state index in [1.807, 2.05) is 12.1 Å². The molecule has 3 heterocycles. The average molecular weight is 253 g/mol. The van der Waals surface area contributed by atoms with Crippen LogP contribution in [0.25, 0.3) is 23.0 Å². The Kier molecular flexibility index (Phi) is 2.17. The molecule has 0 amide bonds. The number of benzene rings is 1. The van der Waals surface area contributed by atoms with E-state index in [4.69, 9.17) is 8.94 Å². The first-order valence-electron chi connectivity index (χ1n) is 6.15. The second-order valence-electron chi connectivity index (χ2n) is 4.45.